The zero-order valence-corrected chi connectivity index (χ0v) is 10.8. The summed E-state index contributed by atoms with van der Waals surface area (Å²) in [5.74, 6) is 0.868. The van der Waals surface area contributed by atoms with Crippen LogP contribution in [0.2, 0.25) is 0 Å². The second-order valence-electron chi connectivity index (χ2n) is 3.64. The van der Waals surface area contributed by atoms with Crippen LogP contribution in [0.25, 0.3) is 10.6 Å². The van der Waals surface area contributed by atoms with Crippen molar-refractivity contribution >= 4 is 11.3 Å². The number of benzene rings is 1. The highest BCUT2D eigenvalue weighted by molar-refractivity contribution is 7.15. The third kappa shape index (κ3) is 2.65. The maximum absolute atomic E-state index is 9.12. The number of thiazole rings is 1. The first-order chi connectivity index (χ1) is 8.24. The first-order valence-electron chi connectivity index (χ1n) is 5.55. The minimum atomic E-state index is -0.000632. The summed E-state index contributed by atoms with van der Waals surface area (Å²) >= 11 is 1.60. The Bertz CT molecular complexity index is 491. The van der Waals surface area contributed by atoms with Gasteiger partial charge >= 0.3 is 0 Å². The minimum absolute atomic E-state index is 0.000632. The molecule has 0 saturated heterocycles. The van der Waals surface area contributed by atoms with Crippen LogP contribution < -0.4 is 4.74 Å². The fraction of sp³-hybridized carbons (Fsp3) is 0.308. The zero-order valence-electron chi connectivity index (χ0n) is 9.93. The molecule has 0 bridgehead atoms. The summed E-state index contributed by atoms with van der Waals surface area (Å²) in [5, 5.41) is 10.1. The standard InChI is InChI=1S/C13H15NO2S/c1-3-16-11-6-4-10(5-7-11)13-14-12(8-15)9(2)17-13/h4-7,15H,3,8H2,1-2H3. The van der Waals surface area contributed by atoms with E-state index in [1.54, 1.807) is 11.3 Å². The Kier molecular flexibility index (Phi) is 3.76. The van der Waals surface area contributed by atoms with E-state index in [2.05, 4.69) is 4.98 Å². The molecular formula is C13H15NO2S. The molecule has 0 radical (unpaired) electrons. The summed E-state index contributed by atoms with van der Waals surface area (Å²) in [6, 6.07) is 7.86. The predicted octanol–water partition coefficient (Wildman–Crippen LogP) is 3.01. The lowest BCUT2D eigenvalue weighted by atomic mass is 10.2. The predicted molar refractivity (Wildman–Crippen MR) is 69.4 cm³/mol. The van der Waals surface area contributed by atoms with Crippen LogP contribution in [0.3, 0.4) is 0 Å². The molecule has 0 unspecified atom stereocenters. The highest BCUT2D eigenvalue weighted by Crippen LogP contribution is 2.28. The Morgan fingerprint density at radius 1 is 1.29 bits per heavy atom. The lowest BCUT2D eigenvalue weighted by molar-refractivity contribution is 0.277. The maximum Gasteiger partial charge on any atom is 0.123 e. The molecular weight excluding hydrogens is 234 g/mol. The van der Waals surface area contributed by atoms with Crippen LogP contribution >= 0.6 is 11.3 Å². The van der Waals surface area contributed by atoms with E-state index in [0.29, 0.717) is 6.61 Å². The van der Waals surface area contributed by atoms with Crippen molar-refractivity contribution in [3.8, 4) is 16.3 Å². The van der Waals surface area contributed by atoms with Crippen molar-refractivity contribution in [2.75, 3.05) is 6.61 Å². The van der Waals surface area contributed by atoms with Gasteiger partial charge in [0, 0.05) is 10.4 Å². The van der Waals surface area contributed by atoms with Crippen molar-refractivity contribution < 1.29 is 9.84 Å². The Morgan fingerprint density at radius 2 is 2.00 bits per heavy atom. The zero-order chi connectivity index (χ0) is 12.3. The van der Waals surface area contributed by atoms with E-state index in [1.807, 2.05) is 38.1 Å². The van der Waals surface area contributed by atoms with Gasteiger partial charge in [-0.1, -0.05) is 0 Å². The van der Waals surface area contributed by atoms with Crippen molar-refractivity contribution in [1.82, 2.24) is 4.98 Å². The third-order valence-corrected chi connectivity index (χ3v) is 3.52. The number of rotatable bonds is 4. The van der Waals surface area contributed by atoms with Crippen LogP contribution in [0.15, 0.2) is 24.3 Å². The maximum atomic E-state index is 9.12. The SMILES string of the molecule is CCOc1ccc(-c2nc(CO)c(C)s2)cc1. The molecule has 1 heterocycles. The van der Waals surface area contributed by atoms with Crippen molar-refractivity contribution in [3.63, 3.8) is 0 Å². The Morgan fingerprint density at radius 3 is 2.53 bits per heavy atom. The Balaban J connectivity index is 2.26. The molecule has 0 aliphatic heterocycles. The summed E-state index contributed by atoms with van der Waals surface area (Å²) in [7, 11) is 0. The summed E-state index contributed by atoms with van der Waals surface area (Å²) in [4.78, 5) is 5.47. The van der Waals surface area contributed by atoms with Crippen LogP contribution in [0.4, 0.5) is 0 Å². The van der Waals surface area contributed by atoms with Crippen LogP contribution in [0.5, 0.6) is 5.75 Å². The van der Waals surface area contributed by atoms with E-state index in [0.717, 1.165) is 26.9 Å². The molecule has 0 atom stereocenters. The van der Waals surface area contributed by atoms with Gasteiger partial charge in [0.1, 0.15) is 10.8 Å². The topological polar surface area (TPSA) is 42.4 Å². The average Bonchev–Trinajstić information content (AvgIpc) is 2.72. The largest absolute Gasteiger partial charge is 0.494 e. The minimum Gasteiger partial charge on any atom is -0.494 e. The van der Waals surface area contributed by atoms with E-state index < -0.39 is 0 Å². The molecule has 1 aromatic carbocycles. The summed E-state index contributed by atoms with van der Waals surface area (Å²) < 4.78 is 5.39. The van der Waals surface area contributed by atoms with E-state index in [-0.39, 0.29) is 6.61 Å². The van der Waals surface area contributed by atoms with E-state index >= 15 is 0 Å². The molecule has 0 aliphatic carbocycles. The first-order valence-corrected chi connectivity index (χ1v) is 6.36. The number of nitrogens with zero attached hydrogens (tertiary/aromatic N) is 1. The number of aromatic nitrogens is 1. The normalized spacial score (nSPS) is 10.5. The Hall–Kier alpha value is -1.39. The molecule has 2 aromatic rings. The van der Waals surface area contributed by atoms with Crippen molar-refractivity contribution in [2.45, 2.75) is 20.5 Å². The van der Waals surface area contributed by atoms with Gasteiger partial charge in [0.05, 0.1) is 18.9 Å². The van der Waals surface area contributed by atoms with Crippen molar-refractivity contribution in [3.05, 3.63) is 34.8 Å². The van der Waals surface area contributed by atoms with Gasteiger partial charge in [-0.2, -0.15) is 0 Å². The molecule has 4 heteroatoms. The summed E-state index contributed by atoms with van der Waals surface area (Å²) in [6.07, 6.45) is 0. The smallest absolute Gasteiger partial charge is 0.123 e. The number of ether oxygens (including phenoxy) is 1. The third-order valence-electron chi connectivity index (χ3n) is 2.45. The Labute approximate surface area is 105 Å². The van der Waals surface area contributed by atoms with Gasteiger partial charge in [0.15, 0.2) is 0 Å². The molecule has 3 nitrogen and oxygen atoms in total. The van der Waals surface area contributed by atoms with Gasteiger partial charge in [-0.05, 0) is 38.1 Å². The molecule has 0 spiro atoms. The lowest BCUT2D eigenvalue weighted by Gasteiger charge is -2.02. The average molecular weight is 249 g/mol. The van der Waals surface area contributed by atoms with Crippen LogP contribution in [0, 0.1) is 6.92 Å². The van der Waals surface area contributed by atoms with Gasteiger partial charge in [-0.25, -0.2) is 4.98 Å². The van der Waals surface area contributed by atoms with Gasteiger partial charge in [0.2, 0.25) is 0 Å². The highest BCUT2D eigenvalue weighted by atomic mass is 32.1. The molecule has 0 amide bonds. The first kappa shape index (κ1) is 12.1. The molecule has 2 rings (SSSR count). The number of aliphatic hydroxyl groups excluding tert-OH is 1. The van der Waals surface area contributed by atoms with Crippen LogP contribution in [-0.2, 0) is 6.61 Å². The van der Waals surface area contributed by atoms with E-state index in [9.17, 15) is 0 Å². The summed E-state index contributed by atoms with van der Waals surface area (Å²) in [6.45, 7) is 4.61. The second kappa shape index (κ2) is 5.29. The molecule has 90 valence electrons. The molecule has 0 saturated carbocycles. The fourth-order valence-corrected chi connectivity index (χ4v) is 2.49. The number of aryl methyl sites for hydroxylation is 1. The molecule has 1 aromatic heterocycles. The van der Waals surface area contributed by atoms with Crippen molar-refractivity contribution in [1.29, 1.82) is 0 Å². The van der Waals surface area contributed by atoms with Crippen molar-refractivity contribution in [2.24, 2.45) is 0 Å². The fourth-order valence-electron chi connectivity index (χ4n) is 1.56. The molecule has 0 fully saturated rings. The monoisotopic (exact) mass is 249 g/mol. The quantitative estimate of drug-likeness (QED) is 0.905. The second-order valence-corrected chi connectivity index (χ2v) is 4.84. The van der Waals surface area contributed by atoms with Crippen LogP contribution in [0.1, 0.15) is 17.5 Å². The van der Waals surface area contributed by atoms with Gasteiger partial charge < -0.3 is 9.84 Å². The van der Waals surface area contributed by atoms with Crippen LogP contribution in [-0.4, -0.2) is 16.7 Å². The van der Waals surface area contributed by atoms with E-state index in [1.165, 1.54) is 0 Å². The number of hydrogen-bond donors (Lipinski definition) is 1. The summed E-state index contributed by atoms with van der Waals surface area (Å²) in [5.41, 5.74) is 1.82. The lowest BCUT2D eigenvalue weighted by Crippen LogP contribution is -1.90. The number of hydrogen-bond acceptors (Lipinski definition) is 4. The molecule has 1 N–H and O–H groups in total. The van der Waals surface area contributed by atoms with Gasteiger partial charge in [-0.15, -0.1) is 11.3 Å². The van der Waals surface area contributed by atoms with E-state index in [4.69, 9.17) is 9.84 Å². The molecule has 0 aliphatic rings. The van der Waals surface area contributed by atoms with Gasteiger partial charge in [-0.3, -0.25) is 0 Å². The molecule has 17 heavy (non-hydrogen) atoms. The number of aliphatic hydroxyl groups is 1. The highest BCUT2D eigenvalue weighted by Gasteiger charge is 2.08. The van der Waals surface area contributed by atoms with Gasteiger partial charge in [0.25, 0.3) is 0 Å².